The Kier molecular flexibility index (Phi) is 4.63. The number of H-pyrrole nitrogens is 1. The lowest BCUT2D eigenvalue weighted by Gasteiger charge is -2.18. The molecule has 0 radical (unpaired) electrons. The van der Waals surface area contributed by atoms with Gasteiger partial charge in [-0.3, -0.25) is 20.0 Å². The van der Waals surface area contributed by atoms with Crippen molar-refractivity contribution in [2.45, 2.75) is 13.2 Å². The van der Waals surface area contributed by atoms with Crippen molar-refractivity contribution >= 4 is 28.3 Å². The third kappa shape index (κ3) is 3.35. The Hall–Kier alpha value is -4.53. The van der Waals surface area contributed by atoms with Crippen molar-refractivity contribution in [1.29, 1.82) is 0 Å². The Morgan fingerprint density at radius 3 is 2.59 bits per heavy atom. The number of hydrogen-bond donors (Lipinski definition) is 1. The summed E-state index contributed by atoms with van der Waals surface area (Å²) in [7, 11) is 0. The van der Waals surface area contributed by atoms with Crippen LogP contribution in [0.1, 0.15) is 24.4 Å². The van der Waals surface area contributed by atoms with E-state index in [0.29, 0.717) is 11.4 Å². The Morgan fingerprint density at radius 1 is 1.06 bits per heavy atom. The van der Waals surface area contributed by atoms with Gasteiger partial charge in [0.1, 0.15) is 5.69 Å². The maximum absolute atomic E-state index is 12.2. The van der Waals surface area contributed by atoms with Gasteiger partial charge in [-0.15, -0.1) is 5.10 Å². The van der Waals surface area contributed by atoms with Crippen LogP contribution in [0.4, 0.5) is 5.69 Å². The predicted octanol–water partition coefficient (Wildman–Crippen LogP) is 4.38. The number of rotatable bonds is 4. The summed E-state index contributed by atoms with van der Waals surface area (Å²) in [6.07, 6.45) is -1.04. The van der Waals surface area contributed by atoms with E-state index in [0.717, 1.165) is 21.3 Å². The van der Waals surface area contributed by atoms with Crippen LogP contribution in [0.15, 0.2) is 77.9 Å². The van der Waals surface area contributed by atoms with Crippen molar-refractivity contribution in [3.05, 3.63) is 94.2 Å². The van der Waals surface area contributed by atoms with E-state index in [1.54, 1.807) is 24.3 Å². The molecule has 1 aliphatic heterocycles. The zero-order valence-corrected chi connectivity index (χ0v) is 16.9. The molecular formula is C23H17N5O4. The van der Waals surface area contributed by atoms with Crippen LogP contribution in [0, 0.1) is 10.1 Å². The van der Waals surface area contributed by atoms with E-state index >= 15 is 0 Å². The topological polar surface area (TPSA) is 114 Å². The third-order valence-corrected chi connectivity index (χ3v) is 5.22. The number of benzene rings is 3. The van der Waals surface area contributed by atoms with Gasteiger partial charge in [0, 0.05) is 18.6 Å². The third-order valence-electron chi connectivity index (χ3n) is 5.22. The Balaban J connectivity index is 1.48. The number of hydrogen-bond acceptors (Lipinski definition) is 6. The van der Waals surface area contributed by atoms with Crippen LogP contribution < -0.4 is 0 Å². The first-order valence-electron chi connectivity index (χ1n) is 9.84. The number of aromatic amines is 1. The number of carbonyl (C=O) groups is 1. The lowest BCUT2D eigenvalue weighted by Crippen LogP contribution is -2.25. The van der Waals surface area contributed by atoms with Gasteiger partial charge >= 0.3 is 0 Å². The number of hydrazone groups is 1. The highest BCUT2D eigenvalue weighted by atomic mass is 16.6. The summed E-state index contributed by atoms with van der Waals surface area (Å²) in [6, 6.07) is 21.9. The Bertz CT molecular complexity index is 1390. The smallest absolute Gasteiger partial charge is 0.278 e. The van der Waals surface area contributed by atoms with Crippen molar-refractivity contribution < 1.29 is 14.5 Å². The van der Waals surface area contributed by atoms with Gasteiger partial charge in [0.25, 0.3) is 11.6 Å². The zero-order chi connectivity index (χ0) is 22.2. The number of amides is 1. The molecule has 2 heterocycles. The number of nitro benzene ring substituents is 1. The second-order valence-electron chi connectivity index (χ2n) is 7.28. The molecule has 1 amide bonds. The largest absolute Gasteiger partial charge is 0.444 e. The van der Waals surface area contributed by atoms with E-state index in [-0.39, 0.29) is 17.1 Å². The minimum absolute atomic E-state index is 0.128. The summed E-state index contributed by atoms with van der Waals surface area (Å²) in [5, 5.41) is 26.3. The van der Waals surface area contributed by atoms with Crippen LogP contribution in [-0.2, 0) is 9.53 Å². The second-order valence-corrected chi connectivity index (χ2v) is 7.28. The number of nitro groups is 1. The van der Waals surface area contributed by atoms with E-state index in [1.165, 1.54) is 13.0 Å². The SMILES string of the molecule is CC(=O)N1N=C(c2cc(-c3ccc4ccccc4c3)n[nH]2)O[C@@H]1c1ccccc1[N+](=O)[O-]. The van der Waals surface area contributed by atoms with Crippen LogP contribution in [-0.4, -0.2) is 31.9 Å². The van der Waals surface area contributed by atoms with Gasteiger partial charge in [-0.05, 0) is 29.0 Å². The highest BCUT2D eigenvalue weighted by Crippen LogP contribution is 2.35. The van der Waals surface area contributed by atoms with Crippen molar-refractivity contribution in [3.8, 4) is 11.3 Å². The zero-order valence-electron chi connectivity index (χ0n) is 16.9. The minimum Gasteiger partial charge on any atom is -0.444 e. The number of carbonyl (C=O) groups excluding carboxylic acids is 1. The molecule has 4 aromatic rings. The lowest BCUT2D eigenvalue weighted by atomic mass is 10.1. The van der Waals surface area contributed by atoms with Crippen LogP contribution >= 0.6 is 0 Å². The molecule has 0 spiro atoms. The first kappa shape index (κ1) is 19.4. The Labute approximate surface area is 182 Å². The van der Waals surface area contributed by atoms with Crippen molar-refractivity contribution in [3.63, 3.8) is 0 Å². The molecule has 3 aromatic carbocycles. The average Bonchev–Trinajstić information content (AvgIpc) is 3.46. The molecule has 0 saturated heterocycles. The fraction of sp³-hybridized carbons (Fsp3) is 0.0870. The normalized spacial score (nSPS) is 15.5. The molecule has 5 rings (SSSR count). The highest BCUT2D eigenvalue weighted by molar-refractivity contribution is 5.96. The van der Waals surface area contributed by atoms with Crippen molar-refractivity contribution in [2.75, 3.05) is 0 Å². The monoisotopic (exact) mass is 427 g/mol. The molecule has 1 atom stereocenters. The molecule has 1 N–H and O–H groups in total. The number of ether oxygens (including phenoxy) is 1. The number of nitrogens with one attached hydrogen (secondary N) is 1. The van der Waals surface area contributed by atoms with Gasteiger partial charge in [-0.1, -0.05) is 48.5 Å². The number of para-hydroxylation sites is 1. The summed E-state index contributed by atoms with van der Waals surface area (Å²) >= 11 is 0. The van der Waals surface area contributed by atoms with Gasteiger partial charge in [0.15, 0.2) is 0 Å². The quantitative estimate of drug-likeness (QED) is 0.384. The average molecular weight is 427 g/mol. The number of aromatic nitrogens is 2. The molecule has 0 saturated carbocycles. The molecule has 0 bridgehead atoms. The molecule has 32 heavy (non-hydrogen) atoms. The van der Waals surface area contributed by atoms with E-state index in [9.17, 15) is 14.9 Å². The summed E-state index contributed by atoms with van der Waals surface area (Å²) in [6.45, 7) is 1.32. The molecule has 0 unspecified atom stereocenters. The van der Waals surface area contributed by atoms with Crippen LogP contribution in [0.5, 0.6) is 0 Å². The molecule has 9 heteroatoms. The van der Waals surface area contributed by atoms with Gasteiger partial charge in [0.2, 0.25) is 12.1 Å². The second kappa shape index (κ2) is 7.62. The summed E-state index contributed by atoms with van der Waals surface area (Å²) in [5.41, 5.74) is 2.13. The van der Waals surface area contributed by atoms with E-state index in [4.69, 9.17) is 4.74 Å². The van der Waals surface area contributed by atoms with E-state index in [2.05, 4.69) is 15.3 Å². The van der Waals surface area contributed by atoms with Gasteiger partial charge < -0.3 is 4.74 Å². The first-order valence-corrected chi connectivity index (χ1v) is 9.84. The van der Waals surface area contributed by atoms with E-state index < -0.39 is 17.1 Å². The maximum atomic E-state index is 12.2. The molecule has 0 fully saturated rings. The highest BCUT2D eigenvalue weighted by Gasteiger charge is 2.37. The summed E-state index contributed by atoms with van der Waals surface area (Å²) in [4.78, 5) is 23.1. The summed E-state index contributed by atoms with van der Waals surface area (Å²) < 4.78 is 5.90. The van der Waals surface area contributed by atoms with Gasteiger partial charge in [0.05, 0.1) is 16.2 Å². The minimum atomic E-state index is -1.04. The molecule has 1 aromatic heterocycles. The predicted molar refractivity (Wildman–Crippen MR) is 118 cm³/mol. The molecular weight excluding hydrogens is 410 g/mol. The van der Waals surface area contributed by atoms with Crippen molar-refractivity contribution in [2.24, 2.45) is 5.10 Å². The van der Waals surface area contributed by atoms with Gasteiger partial charge in [-0.2, -0.15) is 10.1 Å². The number of nitrogens with zero attached hydrogens (tertiary/aromatic N) is 4. The van der Waals surface area contributed by atoms with Gasteiger partial charge in [-0.25, -0.2) is 0 Å². The number of fused-ring (bicyclic) bond motifs is 1. The fourth-order valence-electron chi connectivity index (χ4n) is 3.67. The molecule has 158 valence electrons. The van der Waals surface area contributed by atoms with E-state index in [1.807, 2.05) is 42.5 Å². The molecule has 1 aliphatic rings. The summed E-state index contributed by atoms with van der Waals surface area (Å²) in [5.74, 6) is -0.277. The van der Waals surface area contributed by atoms with Crippen LogP contribution in [0.3, 0.4) is 0 Å². The molecule has 9 nitrogen and oxygen atoms in total. The molecule has 0 aliphatic carbocycles. The van der Waals surface area contributed by atoms with Crippen LogP contribution in [0.25, 0.3) is 22.0 Å². The first-order chi connectivity index (χ1) is 15.5. The van der Waals surface area contributed by atoms with Crippen LogP contribution in [0.2, 0.25) is 0 Å². The Morgan fingerprint density at radius 2 is 1.81 bits per heavy atom. The standard InChI is InChI=1S/C23H17N5O4/c1-14(29)27-23(18-8-4-5-9-21(18)28(30)31)32-22(26-27)20-13-19(24-25-20)17-11-10-15-6-2-3-7-16(15)12-17/h2-13,23H,1H3,(H,24,25)/t23-/m1/s1. The fourth-order valence-corrected chi connectivity index (χ4v) is 3.67. The maximum Gasteiger partial charge on any atom is 0.278 e. The lowest BCUT2D eigenvalue weighted by molar-refractivity contribution is -0.386. The van der Waals surface area contributed by atoms with Crippen molar-refractivity contribution in [1.82, 2.24) is 15.2 Å².